The van der Waals surface area contributed by atoms with Crippen LogP contribution in [0, 0.1) is 25.6 Å². The molecule has 3 aromatic rings. The summed E-state index contributed by atoms with van der Waals surface area (Å²) >= 11 is 0. The monoisotopic (exact) mass is 604 g/mol. The molecule has 0 aromatic heterocycles. The second-order valence-corrected chi connectivity index (χ2v) is 11.7. The van der Waals surface area contributed by atoms with E-state index in [1.807, 2.05) is 46.8 Å². The summed E-state index contributed by atoms with van der Waals surface area (Å²) in [6.45, 7) is 10.7. The fourth-order valence-electron chi connectivity index (χ4n) is 6.62. The molecule has 0 aliphatic carbocycles. The number of aliphatic carboxylic acids is 1. The largest absolute Gasteiger partial charge is 0.494 e. The number of halogens is 1. The van der Waals surface area contributed by atoms with Crippen LogP contribution in [0.1, 0.15) is 72.5 Å². The third-order valence-corrected chi connectivity index (χ3v) is 8.63. The number of carbonyl (C=O) groups is 2. The number of benzene rings is 3. The molecule has 0 bridgehead atoms. The van der Waals surface area contributed by atoms with Crippen LogP contribution in [0.15, 0.2) is 42.5 Å². The van der Waals surface area contributed by atoms with Crippen LogP contribution in [-0.2, 0) is 22.4 Å². The van der Waals surface area contributed by atoms with Gasteiger partial charge in [-0.25, -0.2) is 4.39 Å². The van der Waals surface area contributed by atoms with Crippen molar-refractivity contribution < 1.29 is 33.3 Å². The normalized spacial score (nSPS) is 19.3. The van der Waals surface area contributed by atoms with Gasteiger partial charge in [-0.2, -0.15) is 0 Å². The molecular weight excluding hydrogens is 563 g/mol. The minimum absolute atomic E-state index is 0.0936. The van der Waals surface area contributed by atoms with E-state index in [-0.39, 0.29) is 31.4 Å². The topological polar surface area (TPSA) is 97.3 Å². The zero-order valence-corrected chi connectivity index (χ0v) is 26.0. The first kappa shape index (κ1) is 31.3. The highest BCUT2D eigenvalue weighted by Crippen LogP contribution is 2.49. The molecule has 234 valence electrons. The summed E-state index contributed by atoms with van der Waals surface area (Å²) in [5.74, 6) is -1.95. The Morgan fingerprint density at radius 1 is 1.00 bits per heavy atom. The first-order valence-corrected chi connectivity index (χ1v) is 15.4. The van der Waals surface area contributed by atoms with Crippen molar-refractivity contribution in [1.82, 2.24) is 4.90 Å². The quantitative estimate of drug-likeness (QED) is 0.256. The Bertz CT molecular complexity index is 1530. The predicted molar refractivity (Wildman–Crippen MR) is 166 cm³/mol. The number of fused-ring (bicyclic) bond motifs is 1. The number of hydrogen-bond acceptors (Lipinski definition) is 6. The van der Waals surface area contributed by atoms with Crippen molar-refractivity contribution in [2.75, 3.05) is 31.8 Å². The van der Waals surface area contributed by atoms with Crippen LogP contribution in [0.25, 0.3) is 0 Å². The van der Waals surface area contributed by atoms with Crippen LogP contribution < -0.4 is 19.5 Å². The van der Waals surface area contributed by atoms with Gasteiger partial charge in [0.15, 0.2) is 11.5 Å². The van der Waals surface area contributed by atoms with E-state index in [4.69, 9.17) is 14.2 Å². The average Bonchev–Trinajstić information content (AvgIpc) is 3.60. The van der Waals surface area contributed by atoms with E-state index in [1.54, 1.807) is 17.0 Å². The van der Waals surface area contributed by atoms with E-state index < -0.39 is 29.7 Å². The number of amides is 1. The third-order valence-electron chi connectivity index (χ3n) is 8.63. The predicted octanol–water partition coefficient (Wildman–Crippen LogP) is 6.56. The lowest BCUT2D eigenvalue weighted by atomic mass is 9.81. The Morgan fingerprint density at radius 2 is 1.68 bits per heavy atom. The van der Waals surface area contributed by atoms with Crippen molar-refractivity contribution in [3.8, 4) is 17.2 Å². The van der Waals surface area contributed by atoms with Crippen molar-refractivity contribution in [1.29, 1.82) is 0 Å². The third kappa shape index (κ3) is 6.24. The molecule has 3 atom stereocenters. The molecule has 0 radical (unpaired) electrons. The number of carboxylic acids is 1. The summed E-state index contributed by atoms with van der Waals surface area (Å²) in [6.07, 6.45) is 2.27. The van der Waals surface area contributed by atoms with E-state index in [9.17, 15) is 14.7 Å². The molecule has 2 aliphatic rings. The zero-order chi connectivity index (χ0) is 31.5. The zero-order valence-electron chi connectivity index (χ0n) is 26.0. The van der Waals surface area contributed by atoms with Gasteiger partial charge in [0.2, 0.25) is 12.7 Å². The Hall–Kier alpha value is -4.11. The molecule has 1 amide bonds. The molecule has 2 aliphatic heterocycles. The van der Waals surface area contributed by atoms with E-state index in [2.05, 4.69) is 17.4 Å². The number of carbonyl (C=O) groups excluding carboxylic acids is 1. The lowest BCUT2D eigenvalue weighted by molar-refractivity contribution is -0.143. The van der Waals surface area contributed by atoms with Crippen molar-refractivity contribution in [2.45, 2.75) is 65.8 Å². The van der Waals surface area contributed by atoms with Crippen molar-refractivity contribution in [3.63, 3.8) is 0 Å². The average molecular weight is 605 g/mol. The van der Waals surface area contributed by atoms with Gasteiger partial charge in [0, 0.05) is 29.8 Å². The smallest absolute Gasteiger partial charge is 0.309 e. The summed E-state index contributed by atoms with van der Waals surface area (Å²) in [5, 5.41) is 13.8. The molecule has 1 fully saturated rings. The van der Waals surface area contributed by atoms with E-state index in [1.165, 1.54) is 6.07 Å². The minimum atomic E-state index is -1.06. The standard InChI is InChI=1S/C35H41FN2O6/c1-6-11-42-24-9-10-25(28(36)15-24)34-32(35(40)41)27(26-16-30-29(14-21(26)5)43-19-44-30)17-38(34)18-31(39)37-33-22(7-2)12-20(4)13-23(33)8-3/h9-10,12-16,27,32,34H,6-8,11,17-19H2,1-5H3,(H,37,39)(H,40,41)/t27-,32?,34+/m1/s1. The molecule has 0 saturated carbocycles. The molecule has 44 heavy (non-hydrogen) atoms. The van der Waals surface area contributed by atoms with Crippen molar-refractivity contribution in [2.24, 2.45) is 5.92 Å². The second-order valence-electron chi connectivity index (χ2n) is 11.7. The van der Waals surface area contributed by atoms with Gasteiger partial charge >= 0.3 is 5.97 Å². The van der Waals surface area contributed by atoms with Crippen LogP contribution in [0.2, 0.25) is 0 Å². The maximum absolute atomic E-state index is 15.8. The number of likely N-dealkylation sites (tertiary alicyclic amines) is 1. The number of nitrogens with zero attached hydrogens (tertiary/aromatic N) is 1. The Labute approximate surface area is 258 Å². The van der Waals surface area contributed by atoms with Crippen molar-refractivity contribution in [3.05, 3.63) is 81.7 Å². The molecule has 9 heteroatoms. The molecule has 0 spiro atoms. The maximum Gasteiger partial charge on any atom is 0.309 e. The van der Waals surface area contributed by atoms with Gasteiger partial charge < -0.3 is 24.6 Å². The number of hydrogen-bond donors (Lipinski definition) is 2. The molecular formula is C35H41FN2O6. The fraction of sp³-hybridized carbons (Fsp3) is 0.429. The van der Waals surface area contributed by atoms with Crippen LogP contribution in [0.5, 0.6) is 17.2 Å². The molecule has 1 unspecified atom stereocenters. The first-order valence-electron chi connectivity index (χ1n) is 15.4. The van der Waals surface area contributed by atoms with Gasteiger partial charge in [-0.05, 0) is 73.6 Å². The van der Waals surface area contributed by atoms with Crippen LogP contribution in [0.3, 0.4) is 0 Å². The summed E-state index contributed by atoms with van der Waals surface area (Å²) < 4.78 is 32.6. The highest BCUT2D eigenvalue weighted by atomic mass is 19.1. The van der Waals surface area contributed by atoms with Gasteiger partial charge in [0.25, 0.3) is 0 Å². The highest BCUT2D eigenvalue weighted by Gasteiger charge is 2.49. The Kier molecular flexibility index (Phi) is 9.44. The number of carboxylic acid groups (broad SMARTS) is 1. The number of nitrogens with one attached hydrogen (secondary N) is 1. The molecule has 2 heterocycles. The molecule has 1 saturated heterocycles. The van der Waals surface area contributed by atoms with Crippen LogP contribution in [-0.4, -0.2) is 48.4 Å². The lowest BCUT2D eigenvalue weighted by Crippen LogP contribution is -2.36. The fourth-order valence-corrected chi connectivity index (χ4v) is 6.62. The first-order chi connectivity index (χ1) is 21.1. The van der Waals surface area contributed by atoms with E-state index in [0.717, 1.165) is 52.8 Å². The number of rotatable bonds is 11. The minimum Gasteiger partial charge on any atom is -0.494 e. The molecule has 3 aromatic carbocycles. The summed E-state index contributed by atoms with van der Waals surface area (Å²) in [5.41, 5.74) is 5.84. The van der Waals surface area contributed by atoms with Gasteiger partial charge in [-0.3, -0.25) is 14.5 Å². The highest BCUT2D eigenvalue weighted by molar-refractivity contribution is 5.94. The van der Waals surface area contributed by atoms with Crippen molar-refractivity contribution >= 4 is 17.6 Å². The summed E-state index contributed by atoms with van der Waals surface area (Å²) in [7, 11) is 0. The Morgan fingerprint density at radius 3 is 2.30 bits per heavy atom. The van der Waals surface area contributed by atoms with Crippen LogP contribution >= 0.6 is 0 Å². The van der Waals surface area contributed by atoms with Gasteiger partial charge in [-0.15, -0.1) is 0 Å². The molecule has 2 N–H and O–H groups in total. The second kappa shape index (κ2) is 13.3. The maximum atomic E-state index is 15.8. The Balaban J connectivity index is 1.53. The van der Waals surface area contributed by atoms with Gasteiger partial charge in [0.05, 0.1) is 25.1 Å². The number of anilines is 1. The van der Waals surface area contributed by atoms with E-state index in [0.29, 0.717) is 23.9 Å². The number of ether oxygens (including phenoxy) is 3. The lowest BCUT2D eigenvalue weighted by Gasteiger charge is -2.28. The van der Waals surface area contributed by atoms with E-state index >= 15 is 4.39 Å². The summed E-state index contributed by atoms with van der Waals surface area (Å²) in [6, 6.07) is 11.5. The van der Waals surface area contributed by atoms with Crippen LogP contribution in [0.4, 0.5) is 10.1 Å². The van der Waals surface area contributed by atoms with Gasteiger partial charge in [-0.1, -0.05) is 44.5 Å². The summed E-state index contributed by atoms with van der Waals surface area (Å²) in [4.78, 5) is 28.5. The molecule has 8 nitrogen and oxygen atoms in total. The SMILES string of the molecule is CCCOc1ccc([C@H]2C(C(=O)O)[C@@H](c3cc4c(cc3C)OCO4)CN2CC(=O)Nc2c(CC)cc(C)cc2CC)c(F)c1. The van der Waals surface area contributed by atoms with Gasteiger partial charge in [0.1, 0.15) is 11.6 Å². The number of aryl methyl sites for hydroxylation is 4. The molecule has 5 rings (SSSR count).